The molecule has 2 rings (SSSR count). The predicted octanol–water partition coefficient (Wildman–Crippen LogP) is 0.923. The molecule has 1 aliphatic heterocycles. The van der Waals surface area contributed by atoms with Gasteiger partial charge in [0.1, 0.15) is 6.67 Å². The van der Waals surface area contributed by atoms with Crippen molar-refractivity contribution in [3.05, 3.63) is 29.8 Å². The van der Waals surface area contributed by atoms with Crippen molar-refractivity contribution in [1.82, 2.24) is 14.9 Å². The van der Waals surface area contributed by atoms with Crippen LogP contribution >= 0.6 is 0 Å². The molecule has 0 bridgehead atoms. The number of amides is 2. The first-order valence-corrected chi connectivity index (χ1v) is 10.0. The van der Waals surface area contributed by atoms with E-state index in [9.17, 15) is 22.4 Å². The molecule has 7 nitrogen and oxygen atoms in total. The van der Waals surface area contributed by atoms with E-state index in [1.165, 1.54) is 31.2 Å². The number of sulfonamides is 1. The third-order valence-corrected chi connectivity index (χ3v) is 5.73. The molecule has 0 spiro atoms. The summed E-state index contributed by atoms with van der Waals surface area (Å²) in [7, 11) is -3.78. The molecule has 2 N–H and O–H groups in total. The summed E-state index contributed by atoms with van der Waals surface area (Å²) in [6, 6.07) is 5.60. The van der Waals surface area contributed by atoms with Gasteiger partial charge in [-0.1, -0.05) is 6.07 Å². The molecule has 1 saturated heterocycles. The Morgan fingerprint density at radius 1 is 1.35 bits per heavy atom. The van der Waals surface area contributed by atoms with Crippen LogP contribution in [0.1, 0.15) is 30.1 Å². The Labute approximate surface area is 153 Å². The fourth-order valence-corrected chi connectivity index (χ4v) is 4.06. The van der Waals surface area contributed by atoms with Crippen molar-refractivity contribution in [3.8, 4) is 0 Å². The number of likely N-dealkylation sites (tertiary alicyclic amines) is 1. The molecule has 1 fully saturated rings. The maximum atomic E-state index is 12.5. The molecule has 9 heteroatoms. The minimum atomic E-state index is -3.78. The normalized spacial score (nSPS) is 17.8. The number of benzene rings is 1. The van der Waals surface area contributed by atoms with Gasteiger partial charge in [0.25, 0.3) is 5.91 Å². The fraction of sp³-hybridized carbons (Fsp3) is 0.529. The molecule has 1 unspecified atom stereocenters. The highest BCUT2D eigenvalue weighted by molar-refractivity contribution is 7.89. The zero-order valence-corrected chi connectivity index (χ0v) is 15.5. The molecule has 1 heterocycles. The number of nitrogens with one attached hydrogen (secondary N) is 2. The van der Waals surface area contributed by atoms with Crippen LogP contribution in [0.4, 0.5) is 4.39 Å². The zero-order chi connectivity index (χ0) is 19.2. The van der Waals surface area contributed by atoms with Crippen molar-refractivity contribution in [2.45, 2.75) is 24.7 Å². The minimum absolute atomic E-state index is 0.00968. The number of nitrogens with zero attached hydrogens (tertiary/aromatic N) is 1. The lowest BCUT2D eigenvalue weighted by molar-refractivity contribution is -0.130. The standard InChI is InChI=1S/C17H24FN3O4S/c1-13(22)21-9-3-4-14(12-21)11-20-26(24,25)16-6-2-5-15(10-16)17(23)19-8-7-18/h2,5-6,10,14,20H,3-4,7-9,11-12H2,1H3,(H,19,23). The van der Waals surface area contributed by atoms with E-state index in [2.05, 4.69) is 10.0 Å². The van der Waals surface area contributed by atoms with Gasteiger partial charge in [-0.2, -0.15) is 0 Å². The fourth-order valence-electron chi connectivity index (χ4n) is 2.90. The molecule has 0 radical (unpaired) electrons. The van der Waals surface area contributed by atoms with E-state index in [4.69, 9.17) is 0 Å². The first-order chi connectivity index (χ1) is 12.3. The quantitative estimate of drug-likeness (QED) is 0.730. The van der Waals surface area contributed by atoms with Crippen LogP contribution in [0.25, 0.3) is 0 Å². The van der Waals surface area contributed by atoms with Crippen molar-refractivity contribution in [2.24, 2.45) is 5.92 Å². The number of rotatable bonds is 7. The maximum absolute atomic E-state index is 12.5. The zero-order valence-electron chi connectivity index (χ0n) is 14.7. The Balaban J connectivity index is 2.01. The molecule has 26 heavy (non-hydrogen) atoms. The third-order valence-electron chi connectivity index (χ3n) is 4.31. The number of halogens is 1. The first kappa shape index (κ1) is 20.3. The van der Waals surface area contributed by atoms with Crippen LogP contribution in [0.15, 0.2) is 29.2 Å². The molecular formula is C17H24FN3O4S. The van der Waals surface area contributed by atoms with Crippen molar-refractivity contribution >= 4 is 21.8 Å². The molecule has 0 aliphatic carbocycles. The number of carbonyl (C=O) groups is 2. The monoisotopic (exact) mass is 385 g/mol. The first-order valence-electron chi connectivity index (χ1n) is 8.53. The molecule has 1 aromatic rings. The third kappa shape index (κ3) is 5.50. The van der Waals surface area contributed by atoms with E-state index in [0.717, 1.165) is 12.8 Å². The van der Waals surface area contributed by atoms with Crippen molar-refractivity contribution in [2.75, 3.05) is 32.9 Å². The van der Waals surface area contributed by atoms with E-state index in [-0.39, 0.29) is 35.4 Å². The highest BCUT2D eigenvalue weighted by atomic mass is 32.2. The van der Waals surface area contributed by atoms with Gasteiger partial charge >= 0.3 is 0 Å². The van der Waals surface area contributed by atoms with Crippen LogP contribution in [0.3, 0.4) is 0 Å². The Morgan fingerprint density at radius 3 is 2.81 bits per heavy atom. The number of carbonyl (C=O) groups excluding carboxylic acids is 2. The van der Waals surface area contributed by atoms with Crippen LogP contribution in [0, 0.1) is 5.92 Å². The topological polar surface area (TPSA) is 95.6 Å². The van der Waals surface area contributed by atoms with Gasteiger partial charge < -0.3 is 10.2 Å². The van der Waals surface area contributed by atoms with Gasteiger partial charge in [-0.3, -0.25) is 9.59 Å². The largest absolute Gasteiger partial charge is 0.349 e. The number of piperidine rings is 1. The van der Waals surface area contributed by atoms with Crippen LogP contribution < -0.4 is 10.0 Å². The summed E-state index contributed by atoms with van der Waals surface area (Å²) in [6.45, 7) is 2.15. The Morgan fingerprint density at radius 2 is 2.12 bits per heavy atom. The smallest absolute Gasteiger partial charge is 0.251 e. The molecular weight excluding hydrogens is 361 g/mol. The van der Waals surface area contributed by atoms with E-state index < -0.39 is 22.6 Å². The maximum Gasteiger partial charge on any atom is 0.251 e. The van der Waals surface area contributed by atoms with E-state index >= 15 is 0 Å². The van der Waals surface area contributed by atoms with Crippen molar-refractivity contribution in [3.63, 3.8) is 0 Å². The highest BCUT2D eigenvalue weighted by Gasteiger charge is 2.24. The lowest BCUT2D eigenvalue weighted by Crippen LogP contribution is -2.42. The lowest BCUT2D eigenvalue weighted by Gasteiger charge is -2.32. The van der Waals surface area contributed by atoms with Crippen molar-refractivity contribution < 1.29 is 22.4 Å². The second kappa shape index (κ2) is 9.09. The van der Waals surface area contributed by atoms with Gasteiger partial charge in [-0.15, -0.1) is 0 Å². The van der Waals surface area contributed by atoms with Crippen LogP contribution in [-0.2, 0) is 14.8 Å². The van der Waals surface area contributed by atoms with Gasteiger partial charge in [0, 0.05) is 38.7 Å². The summed E-state index contributed by atoms with van der Waals surface area (Å²) < 4.78 is 39.7. The molecule has 1 aromatic carbocycles. The Kier molecular flexibility index (Phi) is 7.10. The van der Waals surface area contributed by atoms with E-state index in [1.54, 1.807) is 4.90 Å². The van der Waals surface area contributed by atoms with Crippen LogP contribution in [-0.4, -0.2) is 58.0 Å². The summed E-state index contributed by atoms with van der Waals surface area (Å²) in [6.07, 6.45) is 1.69. The highest BCUT2D eigenvalue weighted by Crippen LogP contribution is 2.17. The number of hydrogen-bond acceptors (Lipinski definition) is 4. The Bertz CT molecular complexity index is 754. The molecule has 0 saturated carbocycles. The molecule has 2 amide bonds. The van der Waals surface area contributed by atoms with Crippen LogP contribution in [0.2, 0.25) is 0 Å². The van der Waals surface area contributed by atoms with Crippen LogP contribution in [0.5, 0.6) is 0 Å². The molecule has 1 aliphatic rings. The second-order valence-corrected chi connectivity index (χ2v) is 8.06. The molecule has 1 atom stereocenters. The van der Waals surface area contributed by atoms with E-state index in [0.29, 0.717) is 13.1 Å². The SMILES string of the molecule is CC(=O)N1CCCC(CNS(=O)(=O)c2cccc(C(=O)NCCF)c2)C1. The number of hydrogen-bond donors (Lipinski definition) is 2. The second-order valence-electron chi connectivity index (χ2n) is 6.30. The number of alkyl halides is 1. The summed E-state index contributed by atoms with van der Waals surface area (Å²) in [4.78, 5) is 25.0. The predicted molar refractivity (Wildman–Crippen MR) is 94.9 cm³/mol. The van der Waals surface area contributed by atoms with Gasteiger partial charge in [-0.05, 0) is 37.0 Å². The minimum Gasteiger partial charge on any atom is -0.349 e. The van der Waals surface area contributed by atoms with Crippen molar-refractivity contribution in [1.29, 1.82) is 0 Å². The van der Waals surface area contributed by atoms with Gasteiger partial charge in [0.05, 0.1) is 4.90 Å². The summed E-state index contributed by atoms with van der Waals surface area (Å²) >= 11 is 0. The van der Waals surface area contributed by atoms with E-state index in [1.807, 2.05) is 0 Å². The van der Waals surface area contributed by atoms with Gasteiger partial charge in [-0.25, -0.2) is 17.5 Å². The summed E-state index contributed by atoms with van der Waals surface area (Å²) in [5.74, 6) is -0.480. The molecule has 144 valence electrons. The van der Waals surface area contributed by atoms with Gasteiger partial charge in [0.15, 0.2) is 0 Å². The van der Waals surface area contributed by atoms with Gasteiger partial charge in [0.2, 0.25) is 15.9 Å². The summed E-state index contributed by atoms with van der Waals surface area (Å²) in [5, 5.41) is 2.36. The summed E-state index contributed by atoms with van der Waals surface area (Å²) in [5.41, 5.74) is 0.154. The Hall–Kier alpha value is -2.00. The average Bonchev–Trinajstić information content (AvgIpc) is 2.65. The lowest BCUT2D eigenvalue weighted by atomic mass is 9.98. The average molecular weight is 385 g/mol. The molecule has 0 aromatic heterocycles.